The normalized spacial score (nSPS) is 29.9. The van der Waals surface area contributed by atoms with Gasteiger partial charge in [-0.05, 0) is 19.8 Å². The molecular formula is C8H15ClN2O. The Morgan fingerprint density at radius 2 is 2.17 bits per heavy atom. The molecule has 1 heterocycles. The molecule has 1 aliphatic heterocycles. The smallest absolute Gasteiger partial charge is 0.236 e. The summed E-state index contributed by atoms with van der Waals surface area (Å²) in [5.74, 6) is 0.283. The second-order valence-corrected chi connectivity index (χ2v) is 3.56. The largest absolute Gasteiger partial charge is 0.337 e. The lowest BCUT2D eigenvalue weighted by Gasteiger charge is -2.31. The van der Waals surface area contributed by atoms with Gasteiger partial charge in [-0.15, -0.1) is 12.4 Å². The van der Waals surface area contributed by atoms with E-state index in [-0.39, 0.29) is 18.3 Å². The Balaban J connectivity index is 0.000000720. The first kappa shape index (κ1) is 9.81. The molecule has 1 saturated carbocycles. The van der Waals surface area contributed by atoms with Crippen molar-refractivity contribution in [2.45, 2.75) is 31.8 Å². The molecule has 1 aliphatic carbocycles. The van der Waals surface area contributed by atoms with Gasteiger partial charge in [-0.3, -0.25) is 4.79 Å². The van der Waals surface area contributed by atoms with Crippen LogP contribution in [0.4, 0.5) is 0 Å². The lowest BCUT2D eigenvalue weighted by atomic mass is 10.2. The summed E-state index contributed by atoms with van der Waals surface area (Å²) in [4.78, 5) is 13.3. The van der Waals surface area contributed by atoms with Crippen LogP contribution < -0.4 is 5.32 Å². The third-order valence-corrected chi connectivity index (χ3v) is 2.38. The van der Waals surface area contributed by atoms with Crippen LogP contribution in [0.2, 0.25) is 0 Å². The number of amides is 1. The Hall–Kier alpha value is -0.280. The first-order valence-electron chi connectivity index (χ1n) is 4.30. The SMILES string of the molecule is C[C@H]1CN(C2CC2)C(=O)CN1.Cl. The Morgan fingerprint density at radius 1 is 1.50 bits per heavy atom. The number of rotatable bonds is 1. The van der Waals surface area contributed by atoms with Crippen molar-refractivity contribution in [2.24, 2.45) is 0 Å². The highest BCUT2D eigenvalue weighted by molar-refractivity contribution is 5.85. The molecule has 0 aromatic heterocycles. The zero-order valence-electron chi connectivity index (χ0n) is 7.25. The highest BCUT2D eigenvalue weighted by atomic mass is 35.5. The van der Waals surface area contributed by atoms with Gasteiger partial charge in [0.15, 0.2) is 0 Å². The van der Waals surface area contributed by atoms with E-state index in [1.165, 1.54) is 12.8 Å². The second-order valence-electron chi connectivity index (χ2n) is 3.56. The molecule has 0 unspecified atom stereocenters. The molecule has 1 atom stereocenters. The van der Waals surface area contributed by atoms with E-state index in [1.807, 2.05) is 4.90 Å². The van der Waals surface area contributed by atoms with Crippen LogP contribution in [-0.2, 0) is 4.79 Å². The van der Waals surface area contributed by atoms with Crippen molar-refractivity contribution in [1.82, 2.24) is 10.2 Å². The Morgan fingerprint density at radius 3 is 2.75 bits per heavy atom. The number of hydrogen-bond donors (Lipinski definition) is 1. The Labute approximate surface area is 78.9 Å². The molecule has 0 aromatic rings. The minimum absolute atomic E-state index is 0. The van der Waals surface area contributed by atoms with E-state index < -0.39 is 0 Å². The number of nitrogens with zero attached hydrogens (tertiary/aromatic N) is 1. The van der Waals surface area contributed by atoms with E-state index in [1.54, 1.807) is 0 Å². The van der Waals surface area contributed by atoms with Crippen molar-refractivity contribution in [1.29, 1.82) is 0 Å². The van der Waals surface area contributed by atoms with Crippen molar-refractivity contribution in [3.63, 3.8) is 0 Å². The minimum atomic E-state index is 0. The van der Waals surface area contributed by atoms with Gasteiger partial charge in [0.25, 0.3) is 0 Å². The molecule has 2 aliphatic rings. The molecule has 1 saturated heterocycles. The zero-order chi connectivity index (χ0) is 7.84. The first-order chi connectivity index (χ1) is 5.27. The average molecular weight is 191 g/mol. The Bertz CT molecular complexity index is 182. The molecule has 0 bridgehead atoms. The second kappa shape index (κ2) is 3.62. The summed E-state index contributed by atoms with van der Waals surface area (Å²) in [7, 11) is 0. The number of halogens is 1. The summed E-state index contributed by atoms with van der Waals surface area (Å²) in [5.41, 5.74) is 0. The van der Waals surface area contributed by atoms with E-state index in [2.05, 4.69) is 12.2 Å². The van der Waals surface area contributed by atoms with E-state index in [9.17, 15) is 4.79 Å². The van der Waals surface area contributed by atoms with Crippen LogP contribution in [0.3, 0.4) is 0 Å². The molecular weight excluding hydrogens is 176 g/mol. The van der Waals surface area contributed by atoms with E-state index in [0.29, 0.717) is 18.6 Å². The molecule has 4 heteroatoms. The van der Waals surface area contributed by atoms with Crippen molar-refractivity contribution in [2.75, 3.05) is 13.1 Å². The fourth-order valence-electron chi connectivity index (χ4n) is 1.56. The maximum atomic E-state index is 11.3. The van der Waals surface area contributed by atoms with Gasteiger partial charge in [-0.2, -0.15) is 0 Å². The zero-order valence-corrected chi connectivity index (χ0v) is 8.06. The van der Waals surface area contributed by atoms with Crippen LogP contribution in [0.1, 0.15) is 19.8 Å². The average Bonchev–Trinajstić information content (AvgIpc) is 2.76. The Kier molecular flexibility index (Phi) is 2.96. The number of nitrogens with one attached hydrogen (secondary N) is 1. The van der Waals surface area contributed by atoms with Gasteiger partial charge in [-0.1, -0.05) is 0 Å². The molecule has 1 N–H and O–H groups in total. The fraction of sp³-hybridized carbons (Fsp3) is 0.875. The van der Waals surface area contributed by atoms with E-state index in [0.717, 1.165) is 6.54 Å². The van der Waals surface area contributed by atoms with Gasteiger partial charge in [-0.25, -0.2) is 0 Å². The number of carbonyl (C=O) groups is 1. The van der Waals surface area contributed by atoms with Crippen LogP contribution in [0.5, 0.6) is 0 Å². The van der Waals surface area contributed by atoms with Gasteiger partial charge >= 0.3 is 0 Å². The van der Waals surface area contributed by atoms with Gasteiger partial charge in [0, 0.05) is 18.6 Å². The quantitative estimate of drug-likeness (QED) is 0.649. The van der Waals surface area contributed by atoms with Crippen LogP contribution in [0, 0.1) is 0 Å². The van der Waals surface area contributed by atoms with Gasteiger partial charge in [0.2, 0.25) is 5.91 Å². The number of piperazine rings is 1. The summed E-state index contributed by atoms with van der Waals surface area (Å²) in [6, 6.07) is 1.07. The molecule has 12 heavy (non-hydrogen) atoms. The van der Waals surface area contributed by atoms with E-state index in [4.69, 9.17) is 0 Å². The molecule has 2 fully saturated rings. The predicted molar refractivity (Wildman–Crippen MR) is 49.4 cm³/mol. The van der Waals surface area contributed by atoms with Crippen molar-refractivity contribution in [3.05, 3.63) is 0 Å². The third-order valence-electron chi connectivity index (χ3n) is 2.38. The molecule has 70 valence electrons. The molecule has 0 radical (unpaired) electrons. The molecule has 2 rings (SSSR count). The van der Waals surface area contributed by atoms with Crippen molar-refractivity contribution in [3.8, 4) is 0 Å². The molecule has 0 aromatic carbocycles. The van der Waals surface area contributed by atoms with Crippen LogP contribution in [-0.4, -0.2) is 36.0 Å². The first-order valence-corrected chi connectivity index (χ1v) is 4.30. The molecule has 0 spiro atoms. The summed E-state index contributed by atoms with van der Waals surface area (Å²) < 4.78 is 0. The standard InChI is InChI=1S/C8H14N2O.ClH/c1-6-5-10(7-2-3-7)8(11)4-9-6;/h6-7,9H,2-5H2,1H3;1H/t6-;/m0./s1. The van der Waals surface area contributed by atoms with Crippen molar-refractivity contribution >= 4 is 18.3 Å². The summed E-state index contributed by atoms with van der Waals surface area (Å²) in [6.45, 7) is 3.57. The maximum absolute atomic E-state index is 11.3. The van der Waals surface area contributed by atoms with E-state index >= 15 is 0 Å². The molecule has 1 amide bonds. The van der Waals surface area contributed by atoms with Gasteiger partial charge in [0.05, 0.1) is 6.54 Å². The van der Waals surface area contributed by atoms with Crippen molar-refractivity contribution < 1.29 is 4.79 Å². The number of carbonyl (C=O) groups excluding carboxylic acids is 1. The molecule has 3 nitrogen and oxygen atoms in total. The monoisotopic (exact) mass is 190 g/mol. The fourth-order valence-corrected chi connectivity index (χ4v) is 1.56. The number of hydrogen-bond acceptors (Lipinski definition) is 2. The topological polar surface area (TPSA) is 32.3 Å². The summed E-state index contributed by atoms with van der Waals surface area (Å²) in [6.07, 6.45) is 2.44. The van der Waals surface area contributed by atoms with Gasteiger partial charge < -0.3 is 10.2 Å². The minimum Gasteiger partial charge on any atom is -0.337 e. The van der Waals surface area contributed by atoms with Crippen LogP contribution >= 0.6 is 12.4 Å². The lowest BCUT2D eigenvalue weighted by Crippen LogP contribution is -2.53. The summed E-state index contributed by atoms with van der Waals surface area (Å²) in [5, 5.41) is 3.15. The van der Waals surface area contributed by atoms with Gasteiger partial charge in [0.1, 0.15) is 0 Å². The maximum Gasteiger partial charge on any atom is 0.236 e. The predicted octanol–water partition coefficient (Wildman–Crippen LogP) is 0.391. The van der Waals surface area contributed by atoms with Crippen LogP contribution in [0.15, 0.2) is 0 Å². The highest BCUT2D eigenvalue weighted by Crippen LogP contribution is 2.27. The van der Waals surface area contributed by atoms with Crippen LogP contribution in [0.25, 0.3) is 0 Å². The lowest BCUT2D eigenvalue weighted by molar-refractivity contribution is -0.133. The summed E-state index contributed by atoms with van der Waals surface area (Å²) >= 11 is 0. The third kappa shape index (κ3) is 1.90. The highest BCUT2D eigenvalue weighted by Gasteiger charge is 2.35.